The highest BCUT2D eigenvalue weighted by atomic mass is 35.5. The van der Waals surface area contributed by atoms with Crippen molar-refractivity contribution < 1.29 is 0 Å². The highest BCUT2D eigenvalue weighted by Crippen LogP contribution is 2.33. The Morgan fingerprint density at radius 1 is 1.50 bits per heavy atom. The average molecular weight is 253 g/mol. The van der Waals surface area contributed by atoms with Gasteiger partial charge >= 0.3 is 0 Å². The summed E-state index contributed by atoms with van der Waals surface area (Å²) in [4.78, 5) is 5.70. The molecule has 84 valence electrons. The van der Waals surface area contributed by atoms with Gasteiger partial charge in [-0.1, -0.05) is 18.5 Å². The summed E-state index contributed by atoms with van der Waals surface area (Å²) in [5, 5.41) is 0. The molecule has 0 saturated heterocycles. The molecular weight excluding hydrogens is 240 g/mol. The second-order valence-corrected chi connectivity index (χ2v) is 6.15. The van der Waals surface area contributed by atoms with Crippen LogP contribution < -0.4 is 0 Å². The van der Waals surface area contributed by atoms with E-state index >= 15 is 0 Å². The van der Waals surface area contributed by atoms with Crippen LogP contribution in [-0.4, -0.2) is 9.55 Å². The zero-order valence-electron chi connectivity index (χ0n) is 9.11. The molecule has 3 heterocycles. The summed E-state index contributed by atoms with van der Waals surface area (Å²) in [7, 11) is 0. The van der Waals surface area contributed by atoms with Gasteiger partial charge in [0.15, 0.2) is 0 Å². The van der Waals surface area contributed by atoms with E-state index in [1.165, 1.54) is 17.0 Å². The topological polar surface area (TPSA) is 17.8 Å². The molecule has 0 aliphatic carbocycles. The molecule has 1 aliphatic heterocycles. The van der Waals surface area contributed by atoms with Crippen LogP contribution in [0.15, 0.2) is 18.3 Å². The summed E-state index contributed by atoms with van der Waals surface area (Å²) in [5.74, 6) is 1.83. The van der Waals surface area contributed by atoms with Crippen molar-refractivity contribution in [1.82, 2.24) is 9.55 Å². The van der Waals surface area contributed by atoms with Gasteiger partial charge in [-0.15, -0.1) is 11.3 Å². The van der Waals surface area contributed by atoms with Gasteiger partial charge in [-0.2, -0.15) is 0 Å². The number of nitrogens with zero attached hydrogens (tertiary/aromatic N) is 2. The van der Waals surface area contributed by atoms with E-state index in [1.54, 1.807) is 11.3 Å². The van der Waals surface area contributed by atoms with Crippen molar-refractivity contribution in [3.8, 4) is 10.7 Å². The first-order valence-corrected chi connectivity index (χ1v) is 6.73. The number of aryl methyl sites for hydroxylation is 1. The first-order chi connectivity index (χ1) is 7.74. The predicted octanol–water partition coefficient (Wildman–Crippen LogP) is 3.85. The monoisotopic (exact) mass is 252 g/mol. The largest absolute Gasteiger partial charge is 0.327 e. The van der Waals surface area contributed by atoms with Gasteiger partial charge in [0.05, 0.1) is 9.21 Å². The van der Waals surface area contributed by atoms with E-state index in [0.29, 0.717) is 0 Å². The molecule has 0 radical (unpaired) electrons. The van der Waals surface area contributed by atoms with Crippen LogP contribution in [0, 0.1) is 5.92 Å². The third-order valence-electron chi connectivity index (χ3n) is 3.12. The molecule has 1 aliphatic rings. The van der Waals surface area contributed by atoms with Gasteiger partial charge in [0.25, 0.3) is 0 Å². The zero-order valence-corrected chi connectivity index (χ0v) is 10.7. The van der Waals surface area contributed by atoms with E-state index in [4.69, 9.17) is 11.6 Å². The molecule has 0 amide bonds. The Kier molecular flexibility index (Phi) is 2.52. The van der Waals surface area contributed by atoms with Gasteiger partial charge in [0.1, 0.15) is 5.82 Å². The van der Waals surface area contributed by atoms with E-state index in [2.05, 4.69) is 22.5 Å². The maximum atomic E-state index is 5.97. The molecule has 4 heteroatoms. The highest BCUT2D eigenvalue weighted by Gasteiger charge is 2.19. The number of fused-ring (bicyclic) bond motifs is 1. The Morgan fingerprint density at radius 2 is 2.38 bits per heavy atom. The molecule has 0 saturated carbocycles. The van der Waals surface area contributed by atoms with Gasteiger partial charge in [0.2, 0.25) is 0 Å². The Morgan fingerprint density at radius 3 is 3.12 bits per heavy atom. The lowest BCUT2D eigenvalue weighted by Gasteiger charge is -2.21. The van der Waals surface area contributed by atoms with Crippen molar-refractivity contribution in [1.29, 1.82) is 0 Å². The number of thiophene rings is 1. The third kappa shape index (κ3) is 1.68. The lowest BCUT2D eigenvalue weighted by Crippen LogP contribution is -2.17. The van der Waals surface area contributed by atoms with Crippen LogP contribution >= 0.6 is 22.9 Å². The van der Waals surface area contributed by atoms with E-state index in [0.717, 1.165) is 29.0 Å². The molecule has 1 atom stereocenters. The van der Waals surface area contributed by atoms with Crippen molar-refractivity contribution >= 4 is 22.9 Å². The maximum Gasteiger partial charge on any atom is 0.150 e. The van der Waals surface area contributed by atoms with E-state index in [1.807, 2.05) is 12.3 Å². The Hall–Kier alpha value is -0.800. The molecule has 0 N–H and O–H groups in total. The smallest absolute Gasteiger partial charge is 0.150 e. The Labute approximate surface area is 104 Å². The second kappa shape index (κ2) is 3.90. The SMILES string of the molecule is CC1CCc2cnc(-c3ccc(Cl)s3)n2C1. The van der Waals surface area contributed by atoms with E-state index in [9.17, 15) is 0 Å². The summed E-state index contributed by atoms with van der Waals surface area (Å²) in [5.41, 5.74) is 1.36. The number of rotatable bonds is 1. The van der Waals surface area contributed by atoms with Crippen molar-refractivity contribution in [3.63, 3.8) is 0 Å². The molecule has 3 rings (SSSR count). The van der Waals surface area contributed by atoms with Crippen molar-refractivity contribution in [2.75, 3.05) is 0 Å². The normalized spacial score (nSPS) is 19.8. The standard InChI is InChI=1S/C12H13ClN2S/c1-8-2-3-9-6-14-12(15(9)7-8)10-4-5-11(13)16-10/h4-6,8H,2-3,7H2,1H3. The van der Waals surface area contributed by atoms with E-state index in [-0.39, 0.29) is 0 Å². The molecule has 2 aromatic heterocycles. The summed E-state index contributed by atoms with van der Waals surface area (Å²) >= 11 is 7.57. The molecule has 16 heavy (non-hydrogen) atoms. The van der Waals surface area contributed by atoms with Crippen LogP contribution in [0.1, 0.15) is 19.0 Å². The first-order valence-electron chi connectivity index (χ1n) is 5.54. The third-order valence-corrected chi connectivity index (χ3v) is 4.35. The fraction of sp³-hybridized carbons (Fsp3) is 0.417. The lowest BCUT2D eigenvalue weighted by atomic mass is 10.0. The summed E-state index contributed by atoms with van der Waals surface area (Å²) in [6.45, 7) is 3.38. The number of imidazole rings is 1. The lowest BCUT2D eigenvalue weighted by molar-refractivity contribution is 0.402. The molecule has 2 nitrogen and oxygen atoms in total. The van der Waals surface area contributed by atoms with Crippen LogP contribution in [0.4, 0.5) is 0 Å². The molecule has 2 aromatic rings. The minimum absolute atomic E-state index is 0.746. The van der Waals surface area contributed by atoms with Crippen LogP contribution in [0.2, 0.25) is 4.34 Å². The zero-order chi connectivity index (χ0) is 11.1. The molecule has 0 bridgehead atoms. The van der Waals surface area contributed by atoms with Gasteiger partial charge in [0, 0.05) is 18.4 Å². The molecule has 0 spiro atoms. The molecule has 0 fully saturated rings. The predicted molar refractivity (Wildman–Crippen MR) is 68.0 cm³/mol. The molecule has 0 aromatic carbocycles. The fourth-order valence-electron chi connectivity index (χ4n) is 2.24. The number of aromatic nitrogens is 2. The van der Waals surface area contributed by atoms with Crippen LogP contribution in [-0.2, 0) is 13.0 Å². The first kappa shape index (κ1) is 10.4. The molecule has 1 unspecified atom stereocenters. The fourth-order valence-corrected chi connectivity index (χ4v) is 3.29. The van der Waals surface area contributed by atoms with Crippen LogP contribution in [0.3, 0.4) is 0 Å². The van der Waals surface area contributed by atoms with Gasteiger partial charge < -0.3 is 4.57 Å². The van der Waals surface area contributed by atoms with Crippen LogP contribution in [0.25, 0.3) is 10.7 Å². The van der Waals surface area contributed by atoms with E-state index < -0.39 is 0 Å². The van der Waals surface area contributed by atoms with Crippen molar-refractivity contribution in [2.45, 2.75) is 26.3 Å². The molecular formula is C12H13ClN2S. The quantitative estimate of drug-likeness (QED) is 0.754. The number of hydrogen-bond acceptors (Lipinski definition) is 2. The second-order valence-electron chi connectivity index (χ2n) is 4.43. The Balaban J connectivity index is 2.06. The summed E-state index contributed by atoms with van der Waals surface area (Å²) in [6, 6.07) is 4.00. The highest BCUT2D eigenvalue weighted by molar-refractivity contribution is 7.19. The minimum Gasteiger partial charge on any atom is -0.327 e. The average Bonchev–Trinajstić information content (AvgIpc) is 2.83. The minimum atomic E-state index is 0.746. The van der Waals surface area contributed by atoms with Gasteiger partial charge in [-0.05, 0) is 30.9 Å². The maximum absolute atomic E-state index is 5.97. The number of halogens is 1. The van der Waals surface area contributed by atoms with Crippen LogP contribution in [0.5, 0.6) is 0 Å². The number of hydrogen-bond donors (Lipinski definition) is 0. The summed E-state index contributed by atoms with van der Waals surface area (Å²) < 4.78 is 3.17. The van der Waals surface area contributed by atoms with Crippen molar-refractivity contribution in [3.05, 3.63) is 28.4 Å². The van der Waals surface area contributed by atoms with Crippen molar-refractivity contribution in [2.24, 2.45) is 5.92 Å². The summed E-state index contributed by atoms with van der Waals surface area (Å²) in [6.07, 6.45) is 4.43. The van der Waals surface area contributed by atoms with Gasteiger partial charge in [-0.25, -0.2) is 4.98 Å². The Bertz CT molecular complexity index is 515. The van der Waals surface area contributed by atoms with Gasteiger partial charge in [-0.3, -0.25) is 0 Å².